The molecule has 0 atom stereocenters. The first-order chi connectivity index (χ1) is 13.0. The molecule has 1 amide bonds. The van der Waals surface area contributed by atoms with E-state index in [4.69, 9.17) is 0 Å². The molecule has 2 N–H and O–H groups in total. The minimum Gasteiger partial charge on any atom is -0.378 e. The lowest BCUT2D eigenvalue weighted by molar-refractivity contribution is -0.116. The lowest BCUT2D eigenvalue weighted by Crippen LogP contribution is -2.29. The van der Waals surface area contributed by atoms with Crippen LogP contribution in [0.2, 0.25) is 0 Å². The summed E-state index contributed by atoms with van der Waals surface area (Å²) in [6, 6.07) is 9.45. The third-order valence-electron chi connectivity index (χ3n) is 4.52. The van der Waals surface area contributed by atoms with Gasteiger partial charge in [-0.15, -0.1) is 0 Å². The zero-order valence-corrected chi connectivity index (χ0v) is 18.2. The first kappa shape index (κ1) is 21.9. The van der Waals surface area contributed by atoms with Crippen molar-refractivity contribution < 1.29 is 13.2 Å². The molecule has 0 spiro atoms. The second-order valence-electron chi connectivity index (χ2n) is 7.32. The van der Waals surface area contributed by atoms with E-state index in [-0.39, 0.29) is 23.8 Å². The van der Waals surface area contributed by atoms with Gasteiger partial charge >= 0.3 is 0 Å². The second kappa shape index (κ2) is 8.75. The van der Waals surface area contributed by atoms with Crippen molar-refractivity contribution in [3.05, 3.63) is 52.6 Å². The van der Waals surface area contributed by atoms with Crippen LogP contribution >= 0.6 is 0 Å². The minimum absolute atomic E-state index is 0.0375. The Morgan fingerprint density at radius 2 is 1.57 bits per heavy atom. The average molecular weight is 404 g/mol. The summed E-state index contributed by atoms with van der Waals surface area (Å²) in [5.74, 6) is -0.235. The summed E-state index contributed by atoms with van der Waals surface area (Å²) in [5.41, 5.74) is 5.14. The molecule has 28 heavy (non-hydrogen) atoms. The van der Waals surface area contributed by atoms with Crippen LogP contribution in [0.15, 0.2) is 35.2 Å². The smallest absolute Gasteiger partial charge is 0.241 e. The molecular formula is C21H29N3O3S. The fourth-order valence-corrected chi connectivity index (χ4v) is 4.72. The number of hydrogen-bond acceptors (Lipinski definition) is 4. The Kier molecular flexibility index (Phi) is 6.85. The summed E-state index contributed by atoms with van der Waals surface area (Å²) in [7, 11) is 0.244. The fraction of sp³-hybridized carbons (Fsp3) is 0.381. The Balaban J connectivity index is 1.99. The van der Waals surface area contributed by atoms with Gasteiger partial charge in [-0.05, 0) is 62.6 Å². The molecule has 0 saturated heterocycles. The number of carbonyl (C=O) groups excluding carboxylic acids is 1. The molecule has 0 bridgehead atoms. The van der Waals surface area contributed by atoms with Gasteiger partial charge in [0.2, 0.25) is 15.9 Å². The first-order valence-electron chi connectivity index (χ1n) is 9.16. The quantitative estimate of drug-likeness (QED) is 0.744. The van der Waals surface area contributed by atoms with Gasteiger partial charge in [-0.1, -0.05) is 17.7 Å². The van der Waals surface area contributed by atoms with E-state index in [1.807, 2.05) is 63.2 Å². The summed E-state index contributed by atoms with van der Waals surface area (Å²) < 4.78 is 27.8. The molecule has 0 aliphatic heterocycles. The van der Waals surface area contributed by atoms with Gasteiger partial charge in [0.25, 0.3) is 0 Å². The van der Waals surface area contributed by atoms with E-state index in [1.165, 1.54) is 0 Å². The predicted octanol–water partition coefficient (Wildman–Crippen LogP) is 3.29. The van der Waals surface area contributed by atoms with Gasteiger partial charge in [0.1, 0.15) is 0 Å². The van der Waals surface area contributed by atoms with Crippen LogP contribution in [0.3, 0.4) is 0 Å². The van der Waals surface area contributed by atoms with Gasteiger partial charge in [-0.2, -0.15) is 0 Å². The molecule has 2 aromatic rings. The van der Waals surface area contributed by atoms with Gasteiger partial charge in [0.05, 0.1) is 4.90 Å². The number of aryl methyl sites for hydroxylation is 4. The lowest BCUT2D eigenvalue weighted by Gasteiger charge is -2.16. The van der Waals surface area contributed by atoms with E-state index in [0.717, 1.165) is 22.5 Å². The highest BCUT2D eigenvalue weighted by atomic mass is 32.2. The van der Waals surface area contributed by atoms with Gasteiger partial charge in [0.15, 0.2) is 0 Å². The largest absolute Gasteiger partial charge is 0.378 e. The topological polar surface area (TPSA) is 78.5 Å². The normalized spacial score (nSPS) is 11.4. The Morgan fingerprint density at radius 3 is 2.11 bits per heavy atom. The molecule has 0 fully saturated rings. The SMILES string of the molecule is Cc1cc(C)c(S(=O)(=O)NCCC(=O)Nc2ccc(N(C)C)cc2C)c(C)c1. The van der Waals surface area contributed by atoms with Crippen molar-refractivity contribution in [2.75, 3.05) is 30.9 Å². The molecule has 7 heteroatoms. The number of carbonyl (C=O) groups is 1. The molecule has 0 saturated carbocycles. The van der Waals surface area contributed by atoms with Crippen molar-refractivity contribution in [1.29, 1.82) is 0 Å². The number of nitrogens with zero attached hydrogens (tertiary/aromatic N) is 1. The van der Waals surface area contributed by atoms with Crippen LogP contribution in [0.1, 0.15) is 28.7 Å². The molecule has 2 rings (SSSR count). The average Bonchev–Trinajstić information content (AvgIpc) is 2.55. The number of amides is 1. The van der Waals surface area contributed by atoms with Gasteiger partial charge in [-0.25, -0.2) is 13.1 Å². The Labute approximate surface area is 168 Å². The number of anilines is 2. The first-order valence-corrected chi connectivity index (χ1v) is 10.6. The summed E-state index contributed by atoms with van der Waals surface area (Å²) in [6.07, 6.45) is 0.0536. The van der Waals surface area contributed by atoms with E-state index >= 15 is 0 Å². The highest BCUT2D eigenvalue weighted by Crippen LogP contribution is 2.22. The molecule has 0 aliphatic rings. The third-order valence-corrected chi connectivity index (χ3v) is 6.28. The number of hydrogen-bond donors (Lipinski definition) is 2. The Bertz CT molecular complexity index is 959. The molecule has 0 heterocycles. The van der Waals surface area contributed by atoms with Crippen molar-refractivity contribution in [2.45, 2.75) is 39.0 Å². The van der Waals surface area contributed by atoms with Crippen LogP contribution in [0.4, 0.5) is 11.4 Å². The van der Waals surface area contributed by atoms with Crippen LogP contribution in [0.5, 0.6) is 0 Å². The maximum atomic E-state index is 12.6. The molecule has 0 radical (unpaired) electrons. The van der Waals surface area contributed by atoms with Crippen LogP contribution in [0.25, 0.3) is 0 Å². The van der Waals surface area contributed by atoms with E-state index < -0.39 is 10.0 Å². The zero-order chi connectivity index (χ0) is 21.1. The van der Waals surface area contributed by atoms with Crippen molar-refractivity contribution in [2.24, 2.45) is 0 Å². The lowest BCUT2D eigenvalue weighted by atomic mass is 10.1. The highest BCUT2D eigenvalue weighted by Gasteiger charge is 2.19. The summed E-state index contributed by atoms with van der Waals surface area (Å²) in [5, 5.41) is 2.84. The van der Waals surface area contributed by atoms with Gasteiger partial charge in [0, 0.05) is 38.4 Å². The molecule has 2 aromatic carbocycles. The monoisotopic (exact) mass is 403 g/mol. The minimum atomic E-state index is -3.67. The predicted molar refractivity (Wildman–Crippen MR) is 115 cm³/mol. The molecule has 0 unspecified atom stereocenters. The van der Waals surface area contributed by atoms with E-state index in [9.17, 15) is 13.2 Å². The second-order valence-corrected chi connectivity index (χ2v) is 9.02. The van der Waals surface area contributed by atoms with Crippen LogP contribution in [-0.4, -0.2) is 35.0 Å². The highest BCUT2D eigenvalue weighted by molar-refractivity contribution is 7.89. The van der Waals surface area contributed by atoms with E-state index in [1.54, 1.807) is 13.8 Å². The number of benzene rings is 2. The summed E-state index contributed by atoms with van der Waals surface area (Å²) in [4.78, 5) is 14.5. The third kappa shape index (κ3) is 5.33. The van der Waals surface area contributed by atoms with Gasteiger partial charge < -0.3 is 10.2 Å². The van der Waals surface area contributed by atoms with Crippen LogP contribution in [0, 0.1) is 27.7 Å². The molecule has 6 nitrogen and oxygen atoms in total. The van der Waals surface area contributed by atoms with Crippen LogP contribution < -0.4 is 14.9 Å². The van der Waals surface area contributed by atoms with Crippen molar-refractivity contribution in [3.8, 4) is 0 Å². The maximum Gasteiger partial charge on any atom is 0.241 e. The van der Waals surface area contributed by atoms with Crippen molar-refractivity contribution in [3.63, 3.8) is 0 Å². The number of sulfonamides is 1. The number of nitrogens with one attached hydrogen (secondary N) is 2. The molecular weight excluding hydrogens is 374 g/mol. The van der Waals surface area contributed by atoms with Crippen LogP contribution in [-0.2, 0) is 14.8 Å². The van der Waals surface area contributed by atoms with E-state index in [0.29, 0.717) is 11.1 Å². The van der Waals surface area contributed by atoms with Crippen molar-refractivity contribution in [1.82, 2.24) is 4.72 Å². The zero-order valence-electron chi connectivity index (χ0n) is 17.4. The molecule has 152 valence electrons. The summed E-state index contributed by atoms with van der Waals surface area (Å²) >= 11 is 0. The van der Waals surface area contributed by atoms with Gasteiger partial charge in [-0.3, -0.25) is 4.79 Å². The fourth-order valence-electron chi connectivity index (χ4n) is 3.24. The summed E-state index contributed by atoms with van der Waals surface area (Å²) in [6.45, 7) is 7.45. The standard InChI is InChI=1S/C21H29N3O3S/c1-14-11-16(3)21(17(4)12-14)28(26,27)22-10-9-20(25)23-19-8-7-18(24(5)6)13-15(19)2/h7-8,11-13,22H,9-10H2,1-6H3,(H,23,25). The Hall–Kier alpha value is -2.38. The molecule has 0 aromatic heterocycles. The number of rotatable bonds is 7. The van der Waals surface area contributed by atoms with Crippen molar-refractivity contribution >= 4 is 27.3 Å². The Morgan fingerprint density at radius 1 is 0.964 bits per heavy atom. The maximum absolute atomic E-state index is 12.6. The molecule has 0 aliphatic carbocycles. The van der Waals surface area contributed by atoms with E-state index in [2.05, 4.69) is 10.0 Å².